The molecule has 1 aromatic rings. The Morgan fingerprint density at radius 3 is 1.61 bits per heavy atom. The molecule has 0 fully saturated rings. The maximum absolute atomic E-state index is 8.28. The molecule has 0 saturated carbocycles. The zero-order valence-corrected chi connectivity index (χ0v) is 13.8. The first-order valence-electron chi connectivity index (χ1n) is 6.05. The van der Waals surface area contributed by atoms with E-state index >= 15 is 0 Å². The van der Waals surface area contributed by atoms with Gasteiger partial charge in [-0.05, 0) is 20.8 Å². The summed E-state index contributed by atoms with van der Waals surface area (Å²) in [6, 6.07) is 9.95. The average molecular weight is 286 g/mol. The average Bonchev–Trinajstić information content (AvgIpc) is 2.43. The maximum Gasteiger partial charge on any atom is 0.537 e. The molecule has 0 N–H and O–H groups in total. The first kappa shape index (κ1) is 17.3. The summed E-state index contributed by atoms with van der Waals surface area (Å²) < 4.78 is 25.7. The Labute approximate surface area is 113 Å². The minimum atomic E-state index is -2.67. The van der Waals surface area contributed by atoms with Crippen LogP contribution >= 0.6 is 0 Å². The van der Waals surface area contributed by atoms with E-state index in [0.29, 0.717) is 29.9 Å². The van der Waals surface area contributed by atoms with E-state index in [2.05, 4.69) is 0 Å². The van der Waals surface area contributed by atoms with Gasteiger partial charge in [-0.2, -0.15) is 0 Å². The van der Waals surface area contributed by atoms with Crippen molar-refractivity contribution in [3.63, 3.8) is 0 Å². The van der Waals surface area contributed by atoms with E-state index in [-0.39, 0.29) is 0 Å². The molecule has 0 bridgehead atoms. The van der Waals surface area contributed by atoms with E-state index < -0.39 is 8.80 Å². The van der Waals surface area contributed by atoms with Gasteiger partial charge in [0.05, 0.1) is 0 Å². The normalized spacial score (nSPS) is 10.6. The first-order valence-corrected chi connectivity index (χ1v) is 8.35. The molecule has 0 atom stereocenters. The van der Waals surface area contributed by atoms with Crippen molar-refractivity contribution in [1.82, 2.24) is 0 Å². The summed E-state index contributed by atoms with van der Waals surface area (Å²) in [5.74, 6) is 0. The lowest BCUT2D eigenvalue weighted by Crippen LogP contribution is -2.56. The quantitative estimate of drug-likeness (QED) is 0.699. The summed E-state index contributed by atoms with van der Waals surface area (Å²) in [7, 11) is -2.06. The van der Waals surface area contributed by atoms with Crippen LogP contribution in [-0.2, 0) is 17.7 Å². The van der Waals surface area contributed by atoms with Gasteiger partial charge in [-0.15, -0.1) is 0 Å². The van der Waals surface area contributed by atoms with E-state index in [9.17, 15) is 0 Å². The molecular weight excluding hydrogens is 264 g/mol. The molecule has 0 aliphatic carbocycles. The minimum Gasteiger partial charge on any atom is -0.396 e. The van der Waals surface area contributed by atoms with Crippen LogP contribution < -0.4 is 5.19 Å². The Kier molecular flexibility index (Phi) is 9.89. The lowest BCUT2D eigenvalue weighted by Gasteiger charge is -2.28. The molecular formula is C12H22O4Si2. The van der Waals surface area contributed by atoms with Crippen LogP contribution in [0.5, 0.6) is 0 Å². The van der Waals surface area contributed by atoms with E-state index in [4.69, 9.17) is 17.7 Å². The van der Waals surface area contributed by atoms with E-state index in [1.807, 2.05) is 51.1 Å². The van der Waals surface area contributed by atoms with Crippen molar-refractivity contribution in [1.29, 1.82) is 0 Å². The van der Waals surface area contributed by atoms with Crippen molar-refractivity contribution in [2.45, 2.75) is 20.8 Å². The second-order valence-corrected chi connectivity index (χ2v) is 5.78. The highest BCUT2D eigenvalue weighted by Crippen LogP contribution is 2.10. The highest BCUT2D eigenvalue weighted by molar-refractivity contribution is 6.75. The van der Waals surface area contributed by atoms with Gasteiger partial charge >= 0.3 is 8.80 Å². The Morgan fingerprint density at radius 1 is 0.889 bits per heavy atom. The standard InChI is InChI=1S/C12H20O3Si.H2OSi/c1-4-13-16(14-5-2,15-6-3)12-10-8-7-9-11-12;1-2/h7-11H,4-6H2,1-3H3;2H2. The second kappa shape index (κ2) is 10.3. The van der Waals surface area contributed by atoms with Crippen LogP contribution in [0.25, 0.3) is 0 Å². The summed E-state index contributed by atoms with van der Waals surface area (Å²) >= 11 is 0. The van der Waals surface area contributed by atoms with Gasteiger partial charge in [0.15, 0.2) is 0 Å². The molecule has 6 heteroatoms. The maximum atomic E-state index is 8.28. The summed E-state index contributed by atoms with van der Waals surface area (Å²) in [6.07, 6.45) is 0. The SMILES string of the molecule is CCO[Si](OCC)(OCC)c1ccccc1.O=[SiH2]. The Hall–Kier alpha value is -0.666. The smallest absolute Gasteiger partial charge is 0.396 e. The van der Waals surface area contributed by atoms with Gasteiger partial charge in [-0.3, -0.25) is 0 Å². The van der Waals surface area contributed by atoms with E-state index in [1.54, 1.807) is 0 Å². The van der Waals surface area contributed by atoms with Gasteiger partial charge in [-0.25, -0.2) is 0 Å². The van der Waals surface area contributed by atoms with Gasteiger partial charge in [-0.1, -0.05) is 30.3 Å². The Balaban J connectivity index is 0.00000137. The van der Waals surface area contributed by atoms with Crippen molar-refractivity contribution >= 4 is 24.1 Å². The molecule has 0 aliphatic heterocycles. The van der Waals surface area contributed by atoms with Crippen LogP contribution in [0.3, 0.4) is 0 Å². The van der Waals surface area contributed by atoms with E-state index in [1.165, 1.54) is 0 Å². The number of hydrogen-bond donors (Lipinski definition) is 0. The fourth-order valence-electron chi connectivity index (χ4n) is 1.59. The van der Waals surface area contributed by atoms with Crippen LogP contribution in [0, 0.1) is 0 Å². The van der Waals surface area contributed by atoms with Crippen LogP contribution in [0.2, 0.25) is 0 Å². The number of hydrogen-bond acceptors (Lipinski definition) is 4. The third-order valence-corrected chi connectivity index (χ3v) is 5.18. The molecule has 0 spiro atoms. The number of rotatable bonds is 7. The number of benzene rings is 1. The predicted octanol–water partition coefficient (Wildman–Crippen LogP) is 0.907. The predicted molar refractivity (Wildman–Crippen MR) is 75.9 cm³/mol. The zero-order chi connectivity index (χ0) is 13.9. The summed E-state index contributed by atoms with van der Waals surface area (Å²) in [6.45, 7) is 7.68. The zero-order valence-electron chi connectivity index (χ0n) is 11.3. The fraction of sp³-hybridized carbons (Fsp3) is 0.500. The van der Waals surface area contributed by atoms with Crippen LogP contribution in [0.1, 0.15) is 20.8 Å². The lowest BCUT2D eigenvalue weighted by molar-refractivity contribution is 0.0859. The van der Waals surface area contributed by atoms with Crippen LogP contribution in [-0.4, -0.2) is 38.8 Å². The Morgan fingerprint density at radius 2 is 1.28 bits per heavy atom. The molecule has 0 unspecified atom stereocenters. The molecule has 1 aromatic carbocycles. The molecule has 1 rings (SSSR count). The molecule has 102 valence electrons. The molecule has 0 aromatic heterocycles. The van der Waals surface area contributed by atoms with Gasteiger partial charge < -0.3 is 17.7 Å². The fourth-order valence-corrected chi connectivity index (χ4v) is 4.08. The topological polar surface area (TPSA) is 44.8 Å². The van der Waals surface area contributed by atoms with Crippen molar-refractivity contribution < 1.29 is 17.7 Å². The van der Waals surface area contributed by atoms with Gasteiger partial charge in [0.25, 0.3) is 0 Å². The summed E-state index contributed by atoms with van der Waals surface area (Å²) in [5.41, 5.74) is 0. The first-order chi connectivity index (χ1) is 8.79. The van der Waals surface area contributed by atoms with Gasteiger partial charge in [0.2, 0.25) is 10.1 Å². The second-order valence-electron chi connectivity index (χ2n) is 3.22. The van der Waals surface area contributed by atoms with Crippen molar-refractivity contribution in [2.75, 3.05) is 19.8 Å². The highest BCUT2D eigenvalue weighted by Gasteiger charge is 2.42. The molecule has 0 radical (unpaired) electrons. The van der Waals surface area contributed by atoms with Gasteiger partial charge in [0, 0.05) is 25.0 Å². The van der Waals surface area contributed by atoms with Gasteiger partial charge in [0.1, 0.15) is 0 Å². The van der Waals surface area contributed by atoms with Crippen LogP contribution in [0.4, 0.5) is 0 Å². The molecule has 18 heavy (non-hydrogen) atoms. The van der Waals surface area contributed by atoms with Crippen molar-refractivity contribution in [2.24, 2.45) is 0 Å². The molecule has 4 nitrogen and oxygen atoms in total. The third kappa shape index (κ3) is 4.91. The Bertz CT molecular complexity index is 291. The van der Waals surface area contributed by atoms with E-state index in [0.717, 1.165) is 5.19 Å². The third-order valence-electron chi connectivity index (χ3n) is 2.13. The molecule has 0 aliphatic rings. The summed E-state index contributed by atoms with van der Waals surface area (Å²) in [4.78, 5) is 0. The largest absolute Gasteiger partial charge is 0.537 e. The van der Waals surface area contributed by atoms with Crippen molar-refractivity contribution in [3.05, 3.63) is 30.3 Å². The minimum absolute atomic E-state index is 0.598. The highest BCUT2D eigenvalue weighted by atomic mass is 28.4. The molecule has 0 amide bonds. The lowest BCUT2D eigenvalue weighted by atomic mass is 10.4. The molecule has 0 saturated heterocycles. The monoisotopic (exact) mass is 286 g/mol. The van der Waals surface area contributed by atoms with Crippen molar-refractivity contribution in [3.8, 4) is 0 Å². The van der Waals surface area contributed by atoms with Crippen LogP contribution in [0.15, 0.2) is 30.3 Å². The summed E-state index contributed by atoms with van der Waals surface area (Å²) in [5, 5.41) is 1.03. The molecule has 0 heterocycles.